The number of hydrogen-bond donors (Lipinski definition) is 0. The van der Waals surface area contributed by atoms with E-state index in [1.54, 1.807) is 13.2 Å². The number of methoxy groups -OCH3 is 1. The predicted molar refractivity (Wildman–Crippen MR) is 67.0 cm³/mol. The first-order valence-electron chi connectivity index (χ1n) is 5.54. The molecule has 2 atom stereocenters. The molecule has 1 rings (SSSR count). The van der Waals surface area contributed by atoms with Gasteiger partial charge in [-0.05, 0) is 17.7 Å². The molecule has 0 heterocycles. The summed E-state index contributed by atoms with van der Waals surface area (Å²) in [5.74, 6) is 0.414. The number of nitrogens with zero attached hydrogens (tertiary/aromatic N) is 1. The summed E-state index contributed by atoms with van der Waals surface area (Å²) in [6, 6.07) is 6.69. The Morgan fingerprint density at radius 3 is 2.76 bits per heavy atom. The van der Waals surface area contributed by atoms with E-state index in [2.05, 4.69) is 6.58 Å². The van der Waals surface area contributed by atoms with E-state index in [0.717, 1.165) is 5.56 Å². The fourth-order valence-electron chi connectivity index (χ4n) is 1.90. The maximum absolute atomic E-state index is 11.0. The van der Waals surface area contributed by atoms with E-state index in [1.165, 1.54) is 0 Å². The quantitative estimate of drug-likeness (QED) is 0.432. The summed E-state index contributed by atoms with van der Waals surface area (Å²) in [5, 5.41) is 11.0. The van der Waals surface area contributed by atoms with Gasteiger partial charge < -0.3 is 4.74 Å². The maximum atomic E-state index is 11.0. The van der Waals surface area contributed by atoms with Crippen molar-refractivity contribution in [2.45, 2.75) is 25.3 Å². The average Bonchev–Trinajstić information content (AvgIpc) is 2.35. The van der Waals surface area contributed by atoms with E-state index < -0.39 is 6.04 Å². The number of hydrogen-bond acceptors (Lipinski definition) is 3. The van der Waals surface area contributed by atoms with Gasteiger partial charge in [0.1, 0.15) is 5.75 Å². The molecule has 0 aliphatic heterocycles. The molecule has 0 spiro atoms. The van der Waals surface area contributed by atoms with Crippen LogP contribution in [-0.2, 0) is 0 Å². The zero-order valence-electron chi connectivity index (χ0n) is 10.1. The lowest BCUT2D eigenvalue weighted by molar-refractivity contribution is -0.525. The van der Waals surface area contributed by atoms with Gasteiger partial charge in [-0.25, -0.2) is 0 Å². The Balaban J connectivity index is 3.07. The summed E-state index contributed by atoms with van der Waals surface area (Å²) < 4.78 is 5.12. The molecule has 92 valence electrons. The van der Waals surface area contributed by atoms with Crippen LogP contribution >= 0.6 is 0 Å². The molecule has 0 saturated carbocycles. The Kier molecular flexibility index (Phi) is 4.69. The molecule has 0 radical (unpaired) electrons. The van der Waals surface area contributed by atoms with E-state index >= 15 is 0 Å². The zero-order chi connectivity index (χ0) is 12.8. The molecule has 0 bridgehead atoms. The van der Waals surface area contributed by atoms with Gasteiger partial charge in [-0.1, -0.05) is 25.1 Å². The van der Waals surface area contributed by atoms with Crippen molar-refractivity contribution in [3.63, 3.8) is 0 Å². The fourth-order valence-corrected chi connectivity index (χ4v) is 1.90. The van der Waals surface area contributed by atoms with Crippen molar-refractivity contribution in [2.24, 2.45) is 0 Å². The smallest absolute Gasteiger partial charge is 0.223 e. The molecule has 0 unspecified atom stereocenters. The number of nitro groups is 1. The summed E-state index contributed by atoms with van der Waals surface area (Å²) >= 11 is 0. The second kappa shape index (κ2) is 6.03. The van der Waals surface area contributed by atoms with Crippen molar-refractivity contribution in [3.05, 3.63) is 52.6 Å². The average molecular weight is 235 g/mol. The summed E-state index contributed by atoms with van der Waals surface area (Å²) in [4.78, 5) is 10.7. The maximum Gasteiger partial charge on any atom is 0.223 e. The minimum Gasteiger partial charge on any atom is -0.497 e. The van der Waals surface area contributed by atoms with Gasteiger partial charge in [0.15, 0.2) is 0 Å². The Morgan fingerprint density at radius 1 is 1.59 bits per heavy atom. The van der Waals surface area contributed by atoms with Gasteiger partial charge in [-0.2, -0.15) is 0 Å². The van der Waals surface area contributed by atoms with Crippen LogP contribution in [-0.4, -0.2) is 18.1 Å². The second-order valence-electron chi connectivity index (χ2n) is 3.80. The third-order valence-corrected chi connectivity index (χ3v) is 2.84. The molecule has 17 heavy (non-hydrogen) atoms. The topological polar surface area (TPSA) is 52.4 Å². The van der Waals surface area contributed by atoms with Gasteiger partial charge >= 0.3 is 0 Å². The van der Waals surface area contributed by atoms with Crippen LogP contribution < -0.4 is 4.74 Å². The van der Waals surface area contributed by atoms with E-state index in [0.29, 0.717) is 12.2 Å². The molecule has 0 aliphatic carbocycles. The molecular formula is C13H17NO3. The third kappa shape index (κ3) is 3.06. The minimum atomic E-state index is -0.639. The van der Waals surface area contributed by atoms with Crippen LogP contribution in [0.4, 0.5) is 0 Å². The predicted octanol–water partition coefficient (Wildman–Crippen LogP) is 3.02. The van der Waals surface area contributed by atoms with Gasteiger partial charge in [-0.3, -0.25) is 10.1 Å². The Labute approximate surface area is 101 Å². The molecule has 0 fully saturated rings. The molecule has 4 nitrogen and oxygen atoms in total. The van der Waals surface area contributed by atoms with Gasteiger partial charge in [0, 0.05) is 11.3 Å². The SMILES string of the molecule is C=C[C@H](c1cccc(OC)c1)[C@@H](CC)[N+](=O)[O-]. The Bertz CT molecular complexity index is 403. The van der Waals surface area contributed by atoms with E-state index in [-0.39, 0.29) is 10.8 Å². The Hall–Kier alpha value is -1.84. The lowest BCUT2D eigenvalue weighted by Crippen LogP contribution is -2.25. The first-order chi connectivity index (χ1) is 8.13. The highest BCUT2D eigenvalue weighted by Gasteiger charge is 2.28. The van der Waals surface area contributed by atoms with Crippen molar-refractivity contribution < 1.29 is 9.66 Å². The highest BCUT2D eigenvalue weighted by molar-refractivity contribution is 5.33. The van der Waals surface area contributed by atoms with Gasteiger partial charge in [-0.15, -0.1) is 6.58 Å². The molecule has 0 aliphatic rings. The number of benzene rings is 1. The van der Waals surface area contributed by atoms with Gasteiger partial charge in [0.05, 0.1) is 13.0 Å². The van der Waals surface area contributed by atoms with Crippen LogP contribution in [0.3, 0.4) is 0 Å². The lowest BCUT2D eigenvalue weighted by atomic mass is 9.90. The first kappa shape index (κ1) is 13.2. The van der Waals surface area contributed by atoms with Gasteiger partial charge in [0.2, 0.25) is 6.04 Å². The molecule has 0 aromatic heterocycles. The first-order valence-corrected chi connectivity index (χ1v) is 5.54. The lowest BCUT2D eigenvalue weighted by Gasteiger charge is -2.17. The van der Waals surface area contributed by atoms with Gasteiger partial charge in [0.25, 0.3) is 0 Å². The van der Waals surface area contributed by atoms with Crippen LogP contribution in [0.25, 0.3) is 0 Å². The Morgan fingerprint density at radius 2 is 2.29 bits per heavy atom. The van der Waals surface area contributed by atoms with Crippen LogP contribution in [0, 0.1) is 10.1 Å². The van der Waals surface area contributed by atoms with Crippen LogP contribution in [0.2, 0.25) is 0 Å². The number of rotatable bonds is 6. The van der Waals surface area contributed by atoms with E-state index in [4.69, 9.17) is 4.74 Å². The van der Waals surface area contributed by atoms with E-state index in [1.807, 2.05) is 31.2 Å². The van der Waals surface area contributed by atoms with Crippen molar-refractivity contribution in [3.8, 4) is 5.75 Å². The zero-order valence-corrected chi connectivity index (χ0v) is 10.1. The van der Waals surface area contributed by atoms with Crippen molar-refractivity contribution in [1.29, 1.82) is 0 Å². The van der Waals surface area contributed by atoms with E-state index in [9.17, 15) is 10.1 Å². The van der Waals surface area contributed by atoms with Crippen molar-refractivity contribution >= 4 is 0 Å². The number of ether oxygens (including phenoxy) is 1. The minimum absolute atomic E-state index is 0.244. The molecule has 1 aromatic rings. The molecule has 4 heteroatoms. The monoisotopic (exact) mass is 235 g/mol. The fraction of sp³-hybridized carbons (Fsp3) is 0.385. The summed E-state index contributed by atoms with van der Waals surface area (Å²) in [5.41, 5.74) is 0.864. The highest BCUT2D eigenvalue weighted by atomic mass is 16.6. The largest absolute Gasteiger partial charge is 0.497 e. The molecule has 0 N–H and O–H groups in total. The summed E-state index contributed by atoms with van der Waals surface area (Å²) in [7, 11) is 1.58. The summed E-state index contributed by atoms with van der Waals surface area (Å²) in [6.07, 6.45) is 2.10. The standard InChI is InChI=1S/C13H17NO3/c1-4-12(13(5-2)14(15)16)10-7-6-8-11(9-10)17-3/h4,6-9,12-13H,1,5H2,2-3H3/t12-,13-/m1/s1. The van der Waals surface area contributed by atoms with Crippen LogP contribution in [0.1, 0.15) is 24.8 Å². The molecular weight excluding hydrogens is 218 g/mol. The molecule has 0 saturated heterocycles. The normalized spacial score (nSPS) is 13.8. The molecule has 1 aromatic carbocycles. The summed E-state index contributed by atoms with van der Waals surface area (Å²) in [6.45, 7) is 5.51. The highest BCUT2D eigenvalue weighted by Crippen LogP contribution is 2.27. The molecule has 0 amide bonds. The van der Waals surface area contributed by atoms with Crippen LogP contribution in [0.5, 0.6) is 5.75 Å². The van der Waals surface area contributed by atoms with Crippen LogP contribution in [0.15, 0.2) is 36.9 Å². The second-order valence-corrected chi connectivity index (χ2v) is 3.80. The third-order valence-electron chi connectivity index (χ3n) is 2.84. The van der Waals surface area contributed by atoms with Crippen molar-refractivity contribution in [1.82, 2.24) is 0 Å². The van der Waals surface area contributed by atoms with Crippen molar-refractivity contribution in [2.75, 3.05) is 7.11 Å².